The standard InChI is InChI=1S/C22H28FN3O/c1-22(2)13-16-14-25(15-18-7-5-9-21(24-18)27-3)11-10-20(16)26(22)19-8-4-6-17(23)12-19/h4-9,12,16,20H,10-11,13-15H2,1-3H3/t16-,20+/m1/s1. The van der Waals surface area contributed by atoms with Gasteiger partial charge in [-0.05, 0) is 56.9 Å². The van der Waals surface area contributed by atoms with Crippen molar-refractivity contribution in [3.63, 3.8) is 0 Å². The first-order valence-electron chi connectivity index (χ1n) is 9.73. The Labute approximate surface area is 161 Å². The fourth-order valence-corrected chi connectivity index (χ4v) is 5.02. The molecule has 0 saturated carbocycles. The van der Waals surface area contributed by atoms with Gasteiger partial charge in [0.1, 0.15) is 5.82 Å². The van der Waals surface area contributed by atoms with Gasteiger partial charge < -0.3 is 9.64 Å². The molecule has 4 rings (SSSR count). The second-order valence-corrected chi connectivity index (χ2v) is 8.39. The highest BCUT2D eigenvalue weighted by atomic mass is 19.1. The predicted molar refractivity (Wildman–Crippen MR) is 106 cm³/mol. The quantitative estimate of drug-likeness (QED) is 0.811. The van der Waals surface area contributed by atoms with E-state index < -0.39 is 0 Å². The van der Waals surface area contributed by atoms with E-state index in [9.17, 15) is 4.39 Å². The lowest BCUT2D eigenvalue weighted by atomic mass is 9.89. The number of anilines is 1. The molecule has 2 aliphatic heterocycles. The van der Waals surface area contributed by atoms with Crippen LogP contribution in [-0.2, 0) is 6.54 Å². The molecule has 0 aliphatic carbocycles. The molecule has 0 unspecified atom stereocenters. The number of hydrogen-bond acceptors (Lipinski definition) is 4. The van der Waals surface area contributed by atoms with Crippen molar-refractivity contribution in [3.8, 4) is 5.88 Å². The zero-order valence-electron chi connectivity index (χ0n) is 16.4. The third-order valence-electron chi connectivity index (χ3n) is 5.99. The number of ether oxygens (including phenoxy) is 1. The summed E-state index contributed by atoms with van der Waals surface area (Å²) in [5.41, 5.74) is 2.09. The average Bonchev–Trinajstić information content (AvgIpc) is 2.91. The van der Waals surface area contributed by atoms with Gasteiger partial charge in [-0.15, -0.1) is 0 Å². The van der Waals surface area contributed by atoms with E-state index in [0.717, 1.165) is 43.9 Å². The Hall–Kier alpha value is -2.14. The van der Waals surface area contributed by atoms with Crippen LogP contribution in [0.3, 0.4) is 0 Å². The summed E-state index contributed by atoms with van der Waals surface area (Å²) in [6.45, 7) is 7.50. The first kappa shape index (κ1) is 18.2. The molecule has 0 bridgehead atoms. The molecule has 4 nitrogen and oxygen atoms in total. The molecular weight excluding hydrogens is 341 g/mol. The summed E-state index contributed by atoms with van der Waals surface area (Å²) in [6.07, 6.45) is 2.21. The highest BCUT2D eigenvalue weighted by Gasteiger charge is 2.48. The fraction of sp³-hybridized carbons (Fsp3) is 0.500. The Morgan fingerprint density at radius 1 is 1.22 bits per heavy atom. The first-order chi connectivity index (χ1) is 13.0. The van der Waals surface area contributed by atoms with E-state index in [2.05, 4.69) is 34.7 Å². The second-order valence-electron chi connectivity index (χ2n) is 8.39. The minimum atomic E-state index is -0.159. The van der Waals surface area contributed by atoms with E-state index in [0.29, 0.717) is 17.8 Å². The summed E-state index contributed by atoms with van der Waals surface area (Å²) in [5.74, 6) is 1.09. The van der Waals surface area contributed by atoms with Crippen molar-refractivity contribution >= 4 is 5.69 Å². The Bertz CT molecular complexity index is 810. The second kappa shape index (κ2) is 7.12. The molecular formula is C22H28FN3O. The van der Waals surface area contributed by atoms with Crippen molar-refractivity contribution < 1.29 is 9.13 Å². The van der Waals surface area contributed by atoms with E-state index in [4.69, 9.17) is 4.74 Å². The van der Waals surface area contributed by atoms with Gasteiger partial charge in [-0.3, -0.25) is 4.90 Å². The van der Waals surface area contributed by atoms with Gasteiger partial charge in [0.05, 0.1) is 12.8 Å². The number of methoxy groups -OCH3 is 1. The molecule has 0 spiro atoms. The van der Waals surface area contributed by atoms with Crippen molar-refractivity contribution in [2.75, 3.05) is 25.1 Å². The fourth-order valence-electron chi connectivity index (χ4n) is 5.02. The lowest BCUT2D eigenvalue weighted by Gasteiger charge is -2.41. The molecule has 144 valence electrons. The summed E-state index contributed by atoms with van der Waals surface area (Å²) >= 11 is 0. The number of pyridine rings is 1. The predicted octanol–water partition coefficient (Wildman–Crippen LogP) is 4.11. The average molecular weight is 369 g/mol. The number of rotatable bonds is 4. The molecule has 2 fully saturated rings. The maximum atomic E-state index is 13.8. The largest absolute Gasteiger partial charge is 0.481 e. The van der Waals surface area contributed by atoms with Gasteiger partial charge in [-0.25, -0.2) is 9.37 Å². The van der Waals surface area contributed by atoms with Crippen LogP contribution < -0.4 is 9.64 Å². The van der Waals surface area contributed by atoms with E-state index in [1.165, 1.54) is 6.07 Å². The monoisotopic (exact) mass is 369 g/mol. The number of aromatic nitrogens is 1. The van der Waals surface area contributed by atoms with Crippen LogP contribution in [0.1, 0.15) is 32.4 Å². The highest BCUT2D eigenvalue weighted by molar-refractivity contribution is 5.52. The summed E-state index contributed by atoms with van der Waals surface area (Å²) < 4.78 is 19.1. The van der Waals surface area contributed by atoms with Crippen LogP contribution in [0.25, 0.3) is 0 Å². The van der Waals surface area contributed by atoms with Gasteiger partial charge in [0.15, 0.2) is 0 Å². The number of nitrogens with zero attached hydrogens (tertiary/aromatic N) is 3. The SMILES string of the molecule is COc1cccc(CN2CC[C@H]3[C@@H](C2)CC(C)(C)N3c2cccc(F)c2)n1. The lowest BCUT2D eigenvalue weighted by molar-refractivity contribution is 0.159. The molecule has 2 aromatic rings. The third-order valence-corrected chi connectivity index (χ3v) is 5.99. The molecule has 2 saturated heterocycles. The van der Waals surface area contributed by atoms with Crippen molar-refractivity contribution in [1.82, 2.24) is 9.88 Å². The molecule has 2 aliphatic rings. The minimum absolute atomic E-state index is 0.0351. The molecule has 0 radical (unpaired) electrons. The number of likely N-dealkylation sites (tertiary alicyclic amines) is 1. The van der Waals surface area contributed by atoms with Crippen molar-refractivity contribution in [2.45, 2.75) is 44.8 Å². The van der Waals surface area contributed by atoms with Crippen LogP contribution in [0.2, 0.25) is 0 Å². The maximum absolute atomic E-state index is 13.8. The van der Waals surface area contributed by atoms with Gasteiger partial charge in [0, 0.05) is 43.0 Å². The number of hydrogen-bond donors (Lipinski definition) is 0. The first-order valence-corrected chi connectivity index (χ1v) is 9.73. The highest BCUT2D eigenvalue weighted by Crippen LogP contribution is 2.44. The topological polar surface area (TPSA) is 28.6 Å². The van der Waals surface area contributed by atoms with Gasteiger partial charge >= 0.3 is 0 Å². The molecule has 5 heteroatoms. The van der Waals surface area contributed by atoms with Gasteiger partial charge in [-0.1, -0.05) is 12.1 Å². The van der Waals surface area contributed by atoms with Gasteiger partial charge in [0.2, 0.25) is 5.88 Å². The Morgan fingerprint density at radius 3 is 2.81 bits per heavy atom. The summed E-state index contributed by atoms with van der Waals surface area (Å²) in [4.78, 5) is 9.51. The number of halogens is 1. The lowest BCUT2D eigenvalue weighted by Crippen LogP contribution is -2.48. The maximum Gasteiger partial charge on any atom is 0.213 e. The van der Waals surface area contributed by atoms with Crippen LogP contribution in [0.15, 0.2) is 42.5 Å². The van der Waals surface area contributed by atoms with Crippen LogP contribution in [0.5, 0.6) is 5.88 Å². The minimum Gasteiger partial charge on any atom is -0.481 e. The number of piperidine rings is 1. The molecule has 3 heterocycles. The van der Waals surface area contributed by atoms with Crippen LogP contribution in [0.4, 0.5) is 10.1 Å². The molecule has 0 N–H and O–H groups in total. The van der Waals surface area contributed by atoms with Crippen LogP contribution in [0, 0.1) is 11.7 Å². The smallest absolute Gasteiger partial charge is 0.213 e. The summed E-state index contributed by atoms with van der Waals surface area (Å²) in [6, 6.07) is 13.5. The van der Waals surface area contributed by atoms with Gasteiger partial charge in [-0.2, -0.15) is 0 Å². The third kappa shape index (κ3) is 3.65. The Balaban J connectivity index is 1.49. The number of benzene rings is 1. The van der Waals surface area contributed by atoms with Gasteiger partial charge in [0.25, 0.3) is 0 Å². The van der Waals surface area contributed by atoms with Crippen molar-refractivity contribution in [1.29, 1.82) is 0 Å². The van der Waals surface area contributed by atoms with E-state index in [1.54, 1.807) is 13.2 Å². The Kier molecular flexibility index (Phi) is 4.81. The van der Waals surface area contributed by atoms with Crippen LogP contribution in [-0.4, -0.2) is 41.7 Å². The van der Waals surface area contributed by atoms with Crippen molar-refractivity contribution in [3.05, 3.63) is 54.0 Å². The van der Waals surface area contributed by atoms with Crippen LogP contribution >= 0.6 is 0 Å². The normalized spacial score (nSPS) is 24.7. The molecule has 27 heavy (non-hydrogen) atoms. The van der Waals surface area contributed by atoms with E-state index in [1.807, 2.05) is 24.3 Å². The zero-order valence-corrected chi connectivity index (χ0v) is 16.4. The Morgan fingerprint density at radius 2 is 2.04 bits per heavy atom. The summed E-state index contributed by atoms with van der Waals surface area (Å²) in [7, 11) is 1.65. The zero-order chi connectivity index (χ0) is 19.0. The van der Waals surface area contributed by atoms with Crippen molar-refractivity contribution in [2.24, 2.45) is 5.92 Å². The van der Waals surface area contributed by atoms with E-state index in [-0.39, 0.29) is 11.4 Å². The van der Waals surface area contributed by atoms with E-state index >= 15 is 0 Å². The number of fused-ring (bicyclic) bond motifs is 1. The molecule has 1 aromatic heterocycles. The molecule has 1 aromatic carbocycles. The molecule has 2 atom stereocenters. The molecule has 0 amide bonds. The summed E-state index contributed by atoms with van der Waals surface area (Å²) in [5, 5.41) is 0.